The van der Waals surface area contributed by atoms with Crippen molar-refractivity contribution in [3.05, 3.63) is 41.2 Å². The highest BCUT2D eigenvalue weighted by Crippen LogP contribution is 2.31. The van der Waals surface area contributed by atoms with Crippen molar-refractivity contribution in [2.45, 2.75) is 27.3 Å². The lowest BCUT2D eigenvalue weighted by Crippen LogP contribution is -2.34. The minimum Gasteiger partial charge on any atom is -0.486 e. The molecular weight excluding hydrogens is 318 g/mol. The van der Waals surface area contributed by atoms with Crippen LogP contribution >= 0.6 is 0 Å². The molecule has 0 bridgehead atoms. The van der Waals surface area contributed by atoms with Crippen LogP contribution in [-0.4, -0.2) is 40.3 Å². The largest absolute Gasteiger partial charge is 0.486 e. The fraction of sp³-hybridized carbons (Fsp3) is 0.474. The molecule has 0 spiro atoms. The summed E-state index contributed by atoms with van der Waals surface area (Å²) in [5, 5.41) is 4.33. The van der Waals surface area contributed by atoms with Crippen LogP contribution in [0.5, 0.6) is 11.5 Å². The molecule has 1 aromatic carbocycles. The van der Waals surface area contributed by atoms with Crippen molar-refractivity contribution >= 4 is 5.91 Å². The maximum atomic E-state index is 12.9. The van der Waals surface area contributed by atoms with Crippen molar-refractivity contribution in [1.82, 2.24) is 14.7 Å². The summed E-state index contributed by atoms with van der Waals surface area (Å²) in [4.78, 5) is 14.8. The first-order chi connectivity index (χ1) is 11.9. The Morgan fingerprint density at radius 2 is 1.96 bits per heavy atom. The number of hydrogen-bond acceptors (Lipinski definition) is 4. The minimum atomic E-state index is -0.0488. The monoisotopic (exact) mass is 343 g/mol. The molecule has 0 radical (unpaired) electrons. The summed E-state index contributed by atoms with van der Waals surface area (Å²) in [7, 11) is 1.85. The van der Waals surface area contributed by atoms with Gasteiger partial charge < -0.3 is 14.4 Å². The number of fused-ring (bicyclic) bond motifs is 1. The van der Waals surface area contributed by atoms with E-state index in [4.69, 9.17) is 9.47 Å². The summed E-state index contributed by atoms with van der Waals surface area (Å²) < 4.78 is 12.9. The van der Waals surface area contributed by atoms with Gasteiger partial charge in [-0.3, -0.25) is 9.48 Å². The van der Waals surface area contributed by atoms with Crippen molar-refractivity contribution in [3.63, 3.8) is 0 Å². The highest BCUT2D eigenvalue weighted by molar-refractivity contribution is 5.92. The Kier molecular flexibility index (Phi) is 4.97. The number of benzene rings is 1. The number of amides is 1. The van der Waals surface area contributed by atoms with Crippen LogP contribution in [0.4, 0.5) is 0 Å². The third-order valence-corrected chi connectivity index (χ3v) is 4.19. The van der Waals surface area contributed by atoms with Crippen molar-refractivity contribution in [2.24, 2.45) is 13.0 Å². The summed E-state index contributed by atoms with van der Waals surface area (Å²) in [6.07, 6.45) is 0. The minimum absolute atomic E-state index is 0.0488. The van der Waals surface area contributed by atoms with Gasteiger partial charge in [-0.15, -0.1) is 0 Å². The fourth-order valence-corrected chi connectivity index (χ4v) is 2.89. The molecule has 1 aliphatic rings. The molecule has 134 valence electrons. The lowest BCUT2D eigenvalue weighted by atomic mass is 10.1. The number of carbonyl (C=O) groups is 1. The van der Waals surface area contributed by atoms with Gasteiger partial charge in [0.05, 0.1) is 0 Å². The topological polar surface area (TPSA) is 56.6 Å². The fourth-order valence-electron chi connectivity index (χ4n) is 2.89. The molecule has 1 aromatic heterocycles. The zero-order valence-corrected chi connectivity index (χ0v) is 15.3. The molecule has 2 aromatic rings. The molecule has 1 aliphatic heterocycles. The van der Waals surface area contributed by atoms with Gasteiger partial charge >= 0.3 is 0 Å². The van der Waals surface area contributed by atoms with Gasteiger partial charge in [0.15, 0.2) is 17.2 Å². The molecule has 0 aliphatic carbocycles. The predicted octanol–water partition coefficient (Wildman–Crippen LogP) is 2.80. The van der Waals surface area contributed by atoms with Crippen LogP contribution in [0, 0.1) is 12.8 Å². The van der Waals surface area contributed by atoms with Gasteiger partial charge in [0.1, 0.15) is 13.2 Å². The van der Waals surface area contributed by atoms with E-state index in [1.165, 1.54) is 0 Å². The van der Waals surface area contributed by atoms with Crippen LogP contribution in [0.3, 0.4) is 0 Å². The third-order valence-electron chi connectivity index (χ3n) is 4.19. The molecule has 0 saturated heterocycles. The van der Waals surface area contributed by atoms with E-state index in [0.29, 0.717) is 37.9 Å². The quantitative estimate of drug-likeness (QED) is 0.838. The van der Waals surface area contributed by atoms with Crippen LogP contribution < -0.4 is 9.47 Å². The molecule has 2 heterocycles. The van der Waals surface area contributed by atoms with Gasteiger partial charge in [-0.05, 0) is 36.6 Å². The standard InChI is InChI=1S/C19H25N3O3/c1-13(2)11-22(19(23)16-9-14(3)21(4)20-16)12-15-5-6-17-18(10-15)25-8-7-24-17/h5-6,9-10,13H,7-8,11-12H2,1-4H3. The molecule has 0 N–H and O–H groups in total. The van der Waals surface area contributed by atoms with Gasteiger partial charge in [-0.25, -0.2) is 0 Å². The van der Waals surface area contributed by atoms with Gasteiger partial charge in [0, 0.05) is 25.8 Å². The van der Waals surface area contributed by atoms with E-state index >= 15 is 0 Å². The second kappa shape index (κ2) is 7.17. The van der Waals surface area contributed by atoms with Crippen LogP contribution in [0.2, 0.25) is 0 Å². The van der Waals surface area contributed by atoms with E-state index in [2.05, 4.69) is 18.9 Å². The molecule has 1 amide bonds. The second-order valence-electron chi connectivity index (χ2n) is 6.85. The van der Waals surface area contributed by atoms with E-state index in [0.717, 1.165) is 22.8 Å². The Labute approximate surface area is 148 Å². The molecule has 6 nitrogen and oxygen atoms in total. The van der Waals surface area contributed by atoms with Crippen LogP contribution in [0.1, 0.15) is 35.6 Å². The first-order valence-electron chi connectivity index (χ1n) is 8.62. The number of nitrogens with zero attached hydrogens (tertiary/aromatic N) is 3. The third kappa shape index (κ3) is 3.95. The molecule has 6 heteroatoms. The summed E-state index contributed by atoms with van der Waals surface area (Å²) in [6.45, 7) is 8.47. The number of ether oxygens (including phenoxy) is 2. The number of rotatable bonds is 5. The first-order valence-corrected chi connectivity index (χ1v) is 8.62. The smallest absolute Gasteiger partial charge is 0.274 e. The van der Waals surface area contributed by atoms with Crippen molar-refractivity contribution in [3.8, 4) is 11.5 Å². The van der Waals surface area contributed by atoms with Crippen LogP contribution in [0.25, 0.3) is 0 Å². The maximum absolute atomic E-state index is 12.9. The number of aryl methyl sites for hydroxylation is 2. The average molecular weight is 343 g/mol. The number of hydrogen-bond donors (Lipinski definition) is 0. The molecule has 0 unspecified atom stereocenters. The summed E-state index contributed by atoms with van der Waals surface area (Å²) in [6, 6.07) is 7.68. The molecule has 0 atom stereocenters. The Bertz CT molecular complexity index is 748. The van der Waals surface area contributed by atoms with Crippen molar-refractivity contribution in [1.29, 1.82) is 0 Å². The van der Waals surface area contributed by atoms with Crippen molar-refractivity contribution < 1.29 is 14.3 Å². The Hall–Kier alpha value is -2.50. The molecule has 3 rings (SSSR count). The molecule has 0 saturated carbocycles. The van der Waals surface area contributed by atoms with E-state index in [1.54, 1.807) is 4.68 Å². The summed E-state index contributed by atoms with van der Waals surface area (Å²) >= 11 is 0. The zero-order valence-electron chi connectivity index (χ0n) is 15.3. The van der Waals surface area contributed by atoms with Crippen LogP contribution in [0.15, 0.2) is 24.3 Å². The van der Waals surface area contributed by atoms with E-state index in [9.17, 15) is 4.79 Å². The Morgan fingerprint density at radius 3 is 2.60 bits per heavy atom. The lowest BCUT2D eigenvalue weighted by molar-refractivity contribution is 0.0715. The molecular formula is C19H25N3O3. The lowest BCUT2D eigenvalue weighted by Gasteiger charge is -2.25. The Morgan fingerprint density at radius 1 is 1.24 bits per heavy atom. The van der Waals surface area contributed by atoms with Crippen molar-refractivity contribution in [2.75, 3.05) is 19.8 Å². The second-order valence-corrected chi connectivity index (χ2v) is 6.85. The predicted molar refractivity (Wildman–Crippen MR) is 95.0 cm³/mol. The van der Waals surface area contributed by atoms with Gasteiger partial charge in [-0.2, -0.15) is 5.10 Å². The highest BCUT2D eigenvalue weighted by atomic mass is 16.6. The highest BCUT2D eigenvalue weighted by Gasteiger charge is 2.21. The van der Waals surface area contributed by atoms with Gasteiger partial charge in [-0.1, -0.05) is 19.9 Å². The molecule has 0 fully saturated rings. The van der Waals surface area contributed by atoms with E-state index in [1.807, 2.05) is 43.1 Å². The van der Waals surface area contributed by atoms with Crippen LogP contribution in [-0.2, 0) is 13.6 Å². The SMILES string of the molecule is Cc1cc(C(=O)N(Cc2ccc3c(c2)OCCO3)CC(C)C)nn1C. The first kappa shape index (κ1) is 17.3. The summed E-state index contributed by atoms with van der Waals surface area (Å²) in [5.41, 5.74) is 2.47. The van der Waals surface area contributed by atoms with E-state index < -0.39 is 0 Å². The zero-order chi connectivity index (χ0) is 18.0. The number of carbonyl (C=O) groups excluding carboxylic acids is 1. The Balaban J connectivity index is 1.82. The maximum Gasteiger partial charge on any atom is 0.274 e. The number of aromatic nitrogens is 2. The summed E-state index contributed by atoms with van der Waals surface area (Å²) in [5.74, 6) is 1.82. The van der Waals surface area contributed by atoms with Gasteiger partial charge in [0.25, 0.3) is 5.91 Å². The molecule has 25 heavy (non-hydrogen) atoms. The normalized spacial score (nSPS) is 13.2. The van der Waals surface area contributed by atoms with E-state index in [-0.39, 0.29) is 5.91 Å². The average Bonchev–Trinajstić information content (AvgIpc) is 2.92. The van der Waals surface area contributed by atoms with Gasteiger partial charge in [0.2, 0.25) is 0 Å².